The minimum Gasteiger partial charge on any atom is -0.467 e. The lowest BCUT2D eigenvalue weighted by molar-refractivity contribution is -0.843. The molecule has 2 saturated heterocycles. The molecule has 0 aromatic rings. The van der Waals surface area contributed by atoms with Crippen LogP contribution in [0.5, 0.6) is 0 Å². The summed E-state index contributed by atoms with van der Waals surface area (Å²) in [6, 6.07) is 0. The Kier molecular flexibility index (Phi) is 3.10. The van der Waals surface area contributed by atoms with Crippen LogP contribution in [0.25, 0.3) is 0 Å². The Morgan fingerprint density at radius 1 is 1.50 bits per heavy atom. The van der Waals surface area contributed by atoms with E-state index in [1.807, 2.05) is 0 Å². The van der Waals surface area contributed by atoms with Gasteiger partial charge < -0.3 is 14.5 Å². The van der Waals surface area contributed by atoms with E-state index >= 15 is 0 Å². The number of nitrogens with one attached hydrogen (secondary N) is 1. The lowest BCUT2D eigenvalue weighted by atomic mass is 9.79. The molecule has 0 aromatic carbocycles. The molecular weight excluding hydrogens is 176 g/mol. The fourth-order valence-corrected chi connectivity index (χ4v) is 2.91. The first-order valence-corrected chi connectivity index (χ1v) is 5.62. The Bertz CT molecular complexity index is 190. The van der Waals surface area contributed by atoms with E-state index in [1.165, 1.54) is 50.5 Å². The molecule has 0 radical (unpaired) electrons. The van der Waals surface area contributed by atoms with Crippen LogP contribution in [-0.4, -0.2) is 51.3 Å². The normalized spacial score (nSPS) is 30.9. The summed E-state index contributed by atoms with van der Waals surface area (Å²) in [6.07, 6.45) is 2.56. The summed E-state index contributed by atoms with van der Waals surface area (Å²) in [6.45, 7) is 7.27. The van der Waals surface area contributed by atoms with Gasteiger partial charge in [0.15, 0.2) is 0 Å². The molecule has 0 saturated carbocycles. The maximum atomic E-state index is 5.05. The van der Waals surface area contributed by atoms with Crippen LogP contribution in [0.15, 0.2) is 0 Å². The van der Waals surface area contributed by atoms with Gasteiger partial charge >= 0.3 is 0 Å². The molecule has 1 N–H and O–H groups in total. The van der Waals surface area contributed by atoms with Crippen molar-refractivity contribution in [2.75, 3.05) is 46.4 Å². The van der Waals surface area contributed by atoms with Gasteiger partial charge in [-0.15, -0.1) is 0 Å². The third-order valence-corrected chi connectivity index (χ3v) is 3.57. The Hall–Kier alpha value is -0.120. The zero-order valence-corrected chi connectivity index (χ0v) is 9.22. The second-order valence-corrected chi connectivity index (χ2v) is 4.98. The molecule has 3 nitrogen and oxygen atoms in total. The molecule has 1 atom stereocenters. The van der Waals surface area contributed by atoms with E-state index in [0.29, 0.717) is 5.41 Å². The number of nitrogens with zero attached hydrogens (tertiary/aromatic N) is 1. The summed E-state index contributed by atoms with van der Waals surface area (Å²) in [5.41, 5.74) is 0.643. The lowest BCUT2D eigenvalue weighted by Crippen LogP contribution is -3.05. The van der Waals surface area contributed by atoms with Crippen LogP contribution in [0, 0.1) is 12.5 Å². The number of rotatable bonds is 4. The van der Waals surface area contributed by atoms with Crippen molar-refractivity contribution in [2.45, 2.75) is 12.8 Å². The maximum Gasteiger partial charge on any atom is 0.0614 e. The van der Waals surface area contributed by atoms with Crippen molar-refractivity contribution < 1.29 is 9.64 Å². The third-order valence-electron chi connectivity index (χ3n) is 3.57. The van der Waals surface area contributed by atoms with Gasteiger partial charge in [0.25, 0.3) is 0 Å². The highest BCUT2D eigenvalue weighted by atomic mass is 16.5. The van der Waals surface area contributed by atoms with E-state index in [0.717, 1.165) is 6.61 Å². The largest absolute Gasteiger partial charge is 0.467 e. The first-order chi connectivity index (χ1) is 6.74. The topological polar surface area (TPSA) is 16.9 Å². The molecule has 1 spiro atoms. The predicted molar refractivity (Wildman–Crippen MR) is 56.0 cm³/mol. The van der Waals surface area contributed by atoms with Crippen LogP contribution in [0.4, 0.5) is 0 Å². The molecule has 2 aliphatic heterocycles. The quantitative estimate of drug-likeness (QED) is 0.480. The lowest BCUT2D eigenvalue weighted by Gasteiger charge is -2.47. The Morgan fingerprint density at radius 2 is 2.29 bits per heavy atom. The van der Waals surface area contributed by atoms with Gasteiger partial charge in [-0.3, -0.25) is 0 Å². The van der Waals surface area contributed by atoms with Gasteiger partial charge in [0.05, 0.1) is 13.1 Å². The highest BCUT2D eigenvalue weighted by Gasteiger charge is 2.47. The minimum absolute atomic E-state index is 0.643. The number of likely N-dealkylation sites (tertiary alicyclic amines) is 2. The molecule has 2 rings (SSSR count). The molecule has 2 heterocycles. The van der Waals surface area contributed by atoms with Crippen LogP contribution < -0.4 is 4.90 Å². The minimum atomic E-state index is 0.643. The van der Waals surface area contributed by atoms with Gasteiger partial charge in [0.1, 0.15) is 0 Å². The smallest absolute Gasteiger partial charge is 0.0614 e. The second-order valence-electron chi connectivity index (χ2n) is 4.98. The number of hydrogen-bond acceptors (Lipinski definition) is 2. The number of quaternary nitrogens is 1. The van der Waals surface area contributed by atoms with Gasteiger partial charge in [-0.25, -0.2) is 0 Å². The highest BCUT2D eigenvalue weighted by molar-refractivity contribution is 4.96. The van der Waals surface area contributed by atoms with E-state index in [4.69, 9.17) is 4.74 Å². The van der Waals surface area contributed by atoms with Gasteiger partial charge in [0.2, 0.25) is 0 Å². The SMILES string of the molecule is [CH2-][NH+]1CCC2(CN(CCCOC)C2)C1. The van der Waals surface area contributed by atoms with Crippen molar-refractivity contribution in [3.05, 3.63) is 7.05 Å². The van der Waals surface area contributed by atoms with Crippen LogP contribution in [0.3, 0.4) is 0 Å². The van der Waals surface area contributed by atoms with Crippen molar-refractivity contribution in [3.63, 3.8) is 0 Å². The molecule has 82 valence electrons. The van der Waals surface area contributed by atoms with Gasteiger partial charge in [-0.2, -0.15) is 7.05 Å². The van der Waals surface area contributed by atoms with Crippen LogP contribution in [0.2, 0.25) is 0 Å². The molecule has 14 heavy (non-hydrogen) atoms. The molecule has 0 aromatic heterocycles. The Morgan fingerprint density at radius 3 is 2.86 bits per heavy atom. The van der Waals surface area contributed by atoms with Crippen molar-refractivity contribution >= 4 is 0 Å². The van der Waals surface area contributed by atoms with Crippen LogP contribution in [0.1, 0.15) is 12.8 Å². The summed E-state index contributed by atoms with van der Waals surface area (Å²) in [7, 11) is 5.87. The predicted octanol–water partition coefficient (Wildman–Crippen LogP) is -0.595. The fourth-order valence-electron chi connectivity index (χ4n) is 2.91. The van der Waals surface area contributed by atoms with E-state index < -0.39 is 0 Å². The highest BCUT2D eigenvalue weighted by Crippen LogP contribution is 2.34. The zero-order valence-electron chi connectivity index (χ0n) is 9.22. The third kappa shape index (κ3) is 2.10. The van der Waals surface area contributed by atoms with Crippen LogP contribution in [-0.2, 0) is 4.74 Å². The van der Waals surface area contributed by atoms with Crippen molar-refractivity contribution in [1.82, 2.24) is 4.90 Å². The van der Waals surface area contributed by atoms with E-state index in [-0.39, 0.29) is 0 Å². The van der Waals surface area contributed by atoms with E-state index in [1.54, 1.807) is 7.11 Å². The summed E-state index contributed by atoms with van der Waals surface area (Å²) < 4.78 is 5.05. The standard InChI is InChI=1S/C11H22N2O/c1-12-6-4-11(8-12)9-13(10-11)5-3-7-14-2/h12H,1,3-10H2,2H3. The number of hydrogen-bond donors (Lipinski definition) is 1. The summed E-state index contributed by atoms with van der Waals surface area (Å²) in [5, 5.41) is 0. The van der Waals surface area contributed by atoms with Gasteiger partial charge in [-0.1, -0.05) is 0 Å². The van der Waals surface area contributed by atoms with Gasteiger partial charge in [0, 0.05) is 45.2 Å². The van der Waals surface area contributed by atoms with Crippen molar-refractivity contribution in [1.29, 1.82) is 0 Å². The first-order valence-electron chi connectivity index (χ1n) is 5.62. The van der Waals surface area contributed by atoms with E-state index in [2.05, 4.69) is 11.9 Å². The average molecular weight is 198 g/mol. The molecule has 2 aliphatic rings. The second kappa shape index (κ2) is 4.17. The molecule has 1 unspecified atom stereocenters. The summed E-state index contributed by atoms with van der Waals surface area (Å²) in [4.78, 5) is 4.03. The summed E-state index contributed by atoms with van der Waals surface area (Å²) in [5.74, 6) is 0. The molecule has 3 heteroatoms. The van der Waals surface area contributed by atoms with Crippen molar-refractivity contribution in [3.8, 4) is 0 Å². The Labute approximate surface area is 87.0 Å². The zero-order chi connectivity index (χ0) is 10.0. The molecule has 0 amide bonds. The molecule has 0 bridgehead atoms. The van der Waals surface area contributed by atoms with Gasteiger partial charge in [-0.05, 0) is 6.42 Å². The molecule has 2 fully saturated rings. The maximum absolute atomic E-state index is 5.05. The monoisotopic (exact) mass is 198 g/mol. The van der Waals surface area contributed by atoms with Crippen LogP contribution >= 0.6 is 0 Å². The van der Waals surface area contributed by atoms with Crippen molar-refractivity contribution in [2.24, 2.45) is 5.41 Å². The summed E-state index contributed by atoms with van der Waals surface area (Å²) >= 11 is 0. The number of ether oxygens (including phenoxy) is 1. The molecular formula is C11H22N2O. The van der Waals surface area contributed by atoms with E-state index in [9.17, 15) is 0 Å². The number of methoxy groups -OCH3 is 1. The first kappa shape index (κ1) is 10.4. The fraction of sp³-hybridized carbons (Fsp3) is 0.909. The Balaban J connectivity index is 1.64. The average Bonchev–Trinajstić information content (AvgIpc) is 2.47. The molecule has 0 aliphatic carbocycles.